The summed E-state index contributed by atoms with van der Waals surface area (Å²) in [6, 6.07) is 0. The number of hydrogen-bond donors (Lipinski definition) is 1. The Morgan fingerprint density at radius 2 is 1.00 bits per heavy atom. The number of aliphatic carboxylic acids is 1. The number of carbonyl (C=O) groups is 1. The quantitative estimate of drug-likeness (QED) is 0.221. The van der Waals surface area contributed by atoms with Crippen LogP contribution in [0, 0.1) is 23.7 Å². The third-order valence-electron chi connectivity index (χ3n) is 4.59. The molecule has 0 aliphatic rings. The SMILES string of the molecule is CCCCCCCCCCCCC#CC#CCCCCCCCC(=O)O. The van der Waals surface area contributed by atoms with Crippen LogP contribution in [-0.4, -0.2) is 11.1 Å². The van der Waals surface area contributed by atoms with E-state index in [-0.39, 0.29) is 0 Å². The van der Waals surface area contributed by atoms with Crippen molar-refractivity contribution in [1.82, 2.24) is 0 Å². The Balaban J connectivity index is 3.25. The van der Waals surface area contributed by atoms with E-state index in [0.29, 0.717) is 6.42 Å². The molecular weight excluding hydrogens is 320 g/mol. The molecule has 0 unspecified atom stereocenters. The van der Waals surface area contributed by atoms with Crippen LogP contribution in [0.4, 0.5) is 0 Å². The maximum absolute atomic E-state index is 10.4. The second kappa shape index (κ2) is 21.6. The van der Waals surface area contributed by atoms with E-state index in [2.05, 4.69) is 30.6 Å². The van der Waals surface area contributed by atoms with Gasteiger partial charge in [0.1, 0.15) is 0 Å². The lowest BCUT2D eigenvalue weighted by molar-refractivity contribution is -0.137. The lowest BCUT2D eigenvalue weighted by Gasteiger charge is -2.00. The van der Waals surface area contributed by atoms with Gasteiger partial charge in [-0.3, -0.25) is 4.79 Å². The highest BCUT2D eigenvalue weighted by Crippen LogP contribution is 2.11. The van der Waals surface area contributed by atoms with Gasteiger partial charge in [-0.25, -0.2) is 0 Å². The molecule has 0 aromatic carbocycles. The van der Waals surface area contributed by atoms with Crippen LogP contribution in [0.15, 0.2) is 0 Å². The molecule has 0 bridgehead atoms. The third kappa shape index (κ3) is 22.6. The summed E-state index contributed by atoms with van der Waals surface area (Å²) in [5.74, 6) is 11.5. The van der Waals surface area contributed by atoms with Crippen LogP contribution in [0.25, 0.3) is 0 Å². The Hall–Kier alpha value is -1.41. The highest BCUT2D eigenvalue weighted by atomic mass is 16.4. The van der Waals surface area contributed by atoms with Crippen LogP contribution in [0.2, 0.25) is 0 Å². The lowest BCUT2D eigenvalue weighted by Crippen LogP contribution is -1.93. The molecule has 2 nitrogen and oxygen atoms in total. The molecule has 2 heteroatoms. The van der Waals surface area contributed by atoms with Gasteiger partial charge in [0.2, 0.25) is 0 Å². The molecule has 0 aromatic heterocycles. The van der Waals surface area contributed by atoms with Crippen molar-refractivity contribution in [3.63, 3.8) is 0 Å². The average molecular weight is 361 g/mol. The van der Waals surface area contributed by atoms with Crippen molar-refractivity contribution in [3.8, 4) is 23.7 Å². The van der Waals surface area contributed by atoms with Crippen molar-refractivity contribution in [2.24, 2.45) is 0 Å². The largest absolute Gasteiger partial charge is 0.481 e. The number of rotatable bonds is 17. The van der Waals surface area contributed by atoms with Gasteiger partial charge in [-0.05, 0) is 31.1 Å². The van der Waals surface area contributed by atoms with Crippen LogP contribution in [0.3, 0.4) is 0 Å². The van der Waals surface area contributed by atoms with Crippen molar-refractivity contribution in [3.05, 3.63) is 0 Å². The van der Waals surface area contributed by atoms with Gasteiger partial charge in [-0.1, -0.05) is 95.8 Å². The fraction of sp³-hybridized carbons (Fsp3) is 0.792. The predicted molar refractivity (Wildman–Crippen MR) is 112 cm³/mol. The van der Waals surface area contributed by atoms with Gasteiger partial charge in [0, 0.05) is 19.3 Å². The highest BCUT2D eigenvalue weighted by Gasteiger charge is 1.95. The Kier molecular flexibility index (Phi) is 20.5. The van der Waals surface area contributed by atoms with Crippen molar-refractivity contribution in [1.29, 1.82) is 0 Å². The number of carboxylic acids is 1. The molecule has 0 saturated carbocycles. The molecule has 0 fully saturated rings. The standard InChI is InChI=1S/C24H40O2/c1-2-3-4-5-6-7-8-9-10-11-12-13-14-15-16-17-18-19-20-21-22-23-24(25)26/h2-12,17-23H2,1H3,(H,25,26). The molecule has 0 spiro atoms. The minimum Gasteiger partial charge on any atom is -0.481 e. The molecule has 0 aliphatic heterocycles. The summed E-state index contributed by atoms with van der Waals surface area (Å²) in [4.78, 5) is 10.4. The van der Waals surface area contributed by atoms with Crippen LogP contribution in [0.5, 0.6) is 0 Å². The number of unbranched alkanes of at least 4 members (excludes halogenated alkanes) is 15. The second-order valence-corrected chi connectivity index (χ2v) is 7.20. The molecule has 1 N–H and O–H groups in total. The Morgan fingerprint density at radius 1 is 0.615 bits per heavy atom. The molecule has 0 radical (unpaired) electrons. The van der Waals surface area contributed by atoms with Gasteiger partial charge in [0.25, 0.3) is 0 Å². The summed E-state index contributed by atoms with van der Waals surface area (Å²) >= 11 is 0. The van der Waals surface area contributed by atoms with Crippen LogP contribution >= 0.6 is 0 Å². The molecular formula is C24H40O2. The molecule has 0 heterocycles. The lowest BCUT2D eigenvalue weighted by atomic mass is 10.1. The van der Waals surface area contributed by atoms with E-state index in [4.69, 9.17) is 5.11 Å². The topological polar surface area (TPSA) is 37.3 Å². The van der Waals surface area contributed by atoms with Gasteiger partial charge < -0.3 is 5.11 Å². The molecule has 0 aromatic rings. The molecule has 0 rings (SSSR count). The maximum atomic E-state index is 10.4. The predicted octanol–water partition coefficient (Wildman–Crippen LogP) is 7.12. The summed E-state index contributed by atoms with van der Waals surface area (Å²) in [5, 5.41) is 8.54. The van der Waals surface area contributed by atoms with Crippen LogP contribution in [0.1, 0.15) is 122 Å². The zero-order valence-electron chi connectivity index (χ0n) is 17.1. The normalized spacial score (nSPS) is 9.88. The molecule has 0 atom stereocenters. The fourth-order valence-electron chi connectivity index (χ4n) is 2.93. The molecule has 0 saturated heterocycles. The third-order valence-corrected chi connectivity index (χ3v) is 4.59. The molecule has 0 aliphatic carbocycles. The minimum atomic E-state index is -0.688. The number of carboxylic acid groups (broad SMARTS) is 1. The van der Waals surface area contributed by atoms with Gasteiger partial charge in [0.05, 0.1) is 0 Å². The van der Waals surface area contributed by atoms with Crippen molar-refractivity contribution < 1.29 is 9.90 Å². The van der Waals surface area contributed by atoms with Gasteiger partial charge in [-0.15, -0.1) is 0 Å². The van der Waals surface area contributed by atoms with Gasteiger partial charge in [-0.2, -0.15) is 0 Å². The van der Waals surface area contributed by atoms with Crippen molar-refractivity contribution in [2.45, 2.75) is 122 Å². The van der Waals surface area contributed by atoms with Crippen molar-refractivity contribution >= 4 is 5.97 Å². The zero-order chi connectivity index (χ0) is 19.1. The van der Waals surface area contributed by atoms with E-state index in [1.54, 1.807) is 0 Å². The van der Waals surface area contributed by atoms with E-state index < -0.39 is 5.97 Å². The summed E-state index contributed by atoms with van der Waals surface area (Å²) in [6.07, 6.45) is 21.0. The summed E-state index contributed by atoms with van der Waals surface area (Å²) in [6.45, 7) is 2.27. The van der Waals surface area contributed by atoms with Gasteiger partial charge >= 0.3 is 5.97 Å². The monoisotopic (exact) mass is 360 g/mol. The first-order valence-corrected chi connectivity index (χ1v) is 10.9. The van der Waals surface area contributed by atoms with Crippen molar-refractivity contribution in [2.75, 3.05) is 0 Å². The number of hydrogen-bond acceptors (Lipinski definition) is 1. The summed E-state index contributed by atoms with van der Waals surface area (Å²) in [5.41, 5.74) is 0. The van der Waals surface area contributed by atoms with E-state index in [0.717, 1.165) is 44.9 Å². The fourth-order valence-corrected chi connectivity index (χ4v) is 2.93. The molecule has 26 heavy (non-hydrogen) atoms. The molecule has 0 amide bonds. The summed E-state index contributed by atoms with van der Waals surface area (Å²) < 4.78 is 0. The second-order valence-electron chi connectivity index (χ2n) is 7.20. The maximum Gasteiger partial charge on any atom is 0.303 e. The van der Waals surface area contributed by atoms with E-state index in [1.807, 2.05) is 0 Å². The Labute approximate surface area is 162 Å². The highest BCUT2D eigenvalue weighted by molar-refractivity contribution is 5.66. The first-order chi connectivity index (χ1) is 12.8. The Morgan fingerprint density at radius 3 is 1.42 bits per heavy atom. The van der Waals surface area contributed by atoms with E-state index in [9.17, 15) is 4.79 Å². The average Bonchev–Trinajstić information content (AvgIpc) is 2.62. The first-order valence-electron chi connectivity index (χ1n) is 10.9. The zero-order valence-corrected chi connectivity index (χ0v) is 17.1. The minimum absolute atomic E-state index is 0.300. The Bertz CT molecular complexity index is 431. The first kappa shape index (κ1) is 24.6. The molecule has 148 valence electrons. The smallest absolute Gasteiger partial charge is 0.303 e. The van der Waals surface area contributed by atoms with E-state index >= 15 is 0 Å². The summed E-state index contributed by atoms with van der Waals surface area (Å²) in [7, 11) is 0. The van der Waals surface area contributed by atoms with Gasteiger partial charge in [0.15, 0.2) is 0 Å². The van der Waals surface area contributed by atoms with Crippen LogP contribution in [-0.2, 0) is 4.79 Å². The van der Waals surface area contributed by atoms with E-state index in [1.165, 1.54) is 64.2 Å². The van der Waals surface area contributed by atoms with Crippen LogP contribution < -0.4 is 0 Å².